The second-order valence-corrected chi connectivity index (χ2v) is 7.66. The Bertz CT molecular complexity index is 1030. The van der Waals surface area contributed by atoms with Crippen molar-refractivity contribution in [2.24, 2.45) is 5.92 Å². The summed E-state index contributed by atoms with van der Waals surface area (Å²) in [6, 6.07) is 24.2. The van der Waals surface area contributed by atoms with Crippen molar-refractivity contribution in [2.45, 2.75) is 13.5 Å². The topological polar surface area (TPSA) is 40.6 Å². The number of halogens is 1. The molecule has 0 saturated carbocycles. The lowest BCUT2D eigenvalue weighted by Gasteiger charge is -2.25. The first kappa shape index (κ1) is 19.2. The van der Waals surface area contributed by atoms with Gasteiger partial charge in [0.2, 0.25) is 5.91 Å². The van der Waals surface area contributed by atoms with Crippen LogP contribution in [0, 0.1) is 5.92 Å². The van der Waals surface area contributed by atoms with Crippen LogP contribution >= 0.6 is 11.6 Å². The average molecular weight is 405 g/mol. The number of benzene rings is 3. The molecule has 0 fully saturated rings. The van der Waals surface area contributed by atoms with Gasteiger partial charge in [0.05, 0.1) is 23.8 Å². The normalized spacial score (nSPS) is 16.3. The standard InChI is InChI=1S/C24H21ClN2O2/c1-17-15-26(24(29)19-7-3-2-4-8-19)21-9-5-6-10-22(21)27(23(17)28)16-18-11-13-20(25)14-12-18/h2-14,17H,15-16H2,1H3. The van der Waals surface area contributed by atoms with Crippen LogP contribution in [-0.2, 0) is 11.3 Å². The van der Waals surface area contributed by atoms with Gasteiger partial charge in [0.15, 0.2) is 0 Å². The third kappa shape index (κ3) is 3.89. The molecule has 1 heterocycles. The van der Waals surface area contributed by atoms with Crippen molar-refractivity contribution < 1.29 is 9.59 Å². The minimum Gasteiger partial charge on any atom is -0.306 e. The zero-order valence-corrected chi connectivity index (χ0v) is 16.8. The number of hydrogen-bond acceptors (Lipinski definition) is 2. The van der Waals surface area contributed by atoms with Gasteiger partial charge >= 0.3 is 0 Å². The highest BCUT2D eigenvalue weighted by atomic mass is 35.5. The molecule has 3 aromatic carbocycles. The van der Waals surface area contributed by atoms with E-state index in [9.17, 15) is 9.59 Å². The molecule has 1 aliphatic heterocycles. The molecule has 1 unspecified atom stereocenters. The summed E-state index contributed by atoms with van der Waals surface area (Å²) in [5, 5.41) is 0.657. The van der Waals surface area contributed by atoms with Crippen LogP contribution in [0.25, 0.3) is 0 Å². The van der Waals surface area contributed by atoms with Gasteiger partial charge in [-0.2, -0.15) is 0 Å². The largest absolute Gasteiger partial charge is 0.306 e. The maximum atomic E-state index is 13.3. The smallest absolute Gasteiger partial charge is 0.258 e. The van der Waals surface area contributed by atoms with E-state index < -0.39 is 0 Å². The number of amides is 2. The summed E-state index contributed by atoms with van der Waals surface area (Å²) in [5.74, 6) is -0.441. The highest BCUT2D eigenvalue weighted by Gasteiger charge is 2.33. The summed E-state index contributed by atoms with van der Waals surface area (Å²) in [4.78, 5) is 30.0. The molecule has 0 radical (unpaired) electrons. The monoisotopic (exact) mass is 404 g/mol. The third-order valence-electron chi connectivity index (χ3n) is 5.13. The van der Waals surface area contributed by atoms with Crippen molar-refractivity contribution in [3.05, 3.63) is 95.0 Å². The summed E-state index contributed by atoms with van der Waals surface area (Å²) in [6.45, 7) is 2.62. The van der Waals surface area contributed by atoms with Gasteiger partial charge in [-0.1, -0.05) is 61.0 Å². The van der Waals surface area contributed by atoms with E-state index in [1.54, 1.807) is 21.9 Å². The van der Waals surface area contributed by atoms with Gasteiger partial charge in [-0.25, -0.2) is 0 Å². The van der Waals surface area contributed by atoms with E-state index in [0.29, 0.717) is 23.7 Å². The Balaban J connectivity index is 1.76. The Morgan fingerprint density at radius 1 is 0.931 bits per heavy atom. The van der Waals surface area contributed by atoms with Gasteiger partial charge in [0.1, 0.15) is 0 Å². The van der Waals surface area contributed by atoms with Crippen LogP contribution in [0.5, 0.6) is 0 Å². The zero-order chi connectivity index (χ0) is 20.4. The Morgan fingerprint density at radius 3 is 2.24 bits per heavy atom. The predicted octanol–water partition coefficient (Wildman–Crippen LogP) is 5.17. The fourth-order valence-corrected chi connectivity index (χ4v) is 3.75. The molecule has 146 valence electrons. The highest BCUT2D eigenvalue weighted by molar-refractivity contribution is 6.30. The maximum absolute atomic E-state index is 13.3. The molecule has 1 atom stereocenters. The molecule has 0 N–H and O–H groups in total. The zero-order valence-electron chi connectivity index (χ0n) is 16.1. The van der Waals surface area contributed by atoms with Gasteiger partial charge in [-0.3, -0.25) is 9.59 Å². The molecule has 1 aliphatic rings. The van der Waals surface area contributed by atoms with Gasteiger partial charge in [-0.05, 0) is 42.0 Å². The van der Waals surface area contributed by atoms with Gasteiger partial charge in [0, 0.05) is 17.1 Å². The molecule has 4 nitrogen and oxygen atoms in total. The molecule has 0 spiro atoms. The third-order valence-corrected chi connectivity index (χ3v) is 5.38. The molecule has 5 heteroatoms. The fraction of sp³-hybridized carbons (Fsp3) is 0.167. The van der Waals surface area contributed by atoms with Crippen LogP contribution in [0.15, 0.2) is 78.9 Å². The molecule has 0 aliphatic carbocycles. The van der Waals surface area contributed by atoms with Crippen LogP contribution in [0.3, 0.4) is 0 Å². The van der Waals surface area contributed by atoms with E-state index in [4.69, 9.17) is 11.6 Å². The summed E-state index contributed by atoms with van der Waals surface area (Å²) >= 11 is 6.00. The summed E-state index contributed by atoms with van der Waals surface area (Å²) in [5.41, 5.74) is 3.06. The minimum atomic E-state index is -0.331. The van der Waals surface area contributed by atoms with Crippen LogP contribution in [-0.4, -0.2) is 18.4 Å². The molecule has 29 heavy (non-hydrogen) atoms. The number of carbonyl (C=O) groups is 2. The fourth-order valence-electron chi connectivity index (χ4n) is 3.62. The van der Waals surface area contributed by atoms with Crippen LogP contribution in [0.2, 0.25) is 5.02 Å². The van der Waals surface area contributed by atoms with E-state index in [0.717, 1.165) is 16.9 Å². The number of hydrogen-bond donors (Lipinski definition) is 0. The molecular weight excluding hydrogens is 384 g/mol. The molecule has 4 rings (SSSR count). The van der Waals surface area contributed by atoms with Crippen molar-refractivity contribution in [2.75, 3.05) is 16.3 Å². The Hall–Kier alpha value is -3.11. The molecule has 0 bridgehead atoms. The summed E-state index contributed by atoms with van der Waals surface area (Å²) < 4.78 is 0. The Morgan fingerprint density at radius 2 is 1.55 bits per heavy atom. The number of rotatable bonds is 3. The average Bonchev–Trinajstić information content (AvgIpc) is 2.86. The van der Waals surface area contributed by atoms with Crippen molar-refractivity contribution in [1.82, 2.24) is 0 Å². The van der Waals surface area contributed by atoms with Gasteiger partial charge in [-0.15, -0.1) is 0 Å². The van der Waals surface area contributed by atoms with Crippen molar-refractivity contribution >= 4 is 34.8 Å². The van der Waals surface area contributed by atoms with Crippen LogP contribution in [0.1, 0.15) is 22.8 Å². The predicted molar refractivity (Wildman–Crippen MR) is 116 cm³/mol. The van der Waals surface area contributed by atoms with Gasteiger partial charge in [0.25, 0.3) is 5.91 Å². The van der Waals surface area contributed by atoms with Crippen molar-refractivity contribution in [3.63, 3.8) is 0 Å². The molecule has 3 aromatic rings. The summed E-state index contributed by atoms with van der Waals surface area (Å²) in [7, 11) is 0. The number of fused-ring (bicyclic) bond motifs is 1. The number of anilines is 2. The van der Waals surface area contributed by atoms with E-state index in [1.165, 1.54) is 0 Å². The lowest BCUT2D eigenvalue weighted by atomic mass is 10.1. The lowest BCUT2D eigenvalue weighted by molar-refractivity contribution is -0.121. The molecule has 0 saturated heterocycles. The van der Waals surface area contributed by atoms with E-state index in [2.05, 4.69) is 0 Å². The van der Waals surface area contributed by atoms with Crippen molar-refractivity contribution in [1.29, 1.82) is 0 Å². The highest BCUT2D eigenvalue weighted by Crippen LogP contribution is 2.36. The minimum absolute atomic E-state index is 0.00392. The van der Waals surface area contributed by atoms with E-state index in [1.807, 2.05) is 73.7 Å². The molecule has 2 amide bonds. The summed E-state index contributed by atoms with van der Waals surface area (Å²) in [6.07, 6.45) is 0. The van der Waals surface area contributed by atoms with Crippen molar-refractivity contribution in [3.8, 4) is 0 Å². The van der Waals surface area contributed by atoms with Gasteiger partial charge < -0.3 is 9.80 Å². The van der Waals surface area contributed by atoms with Crippen LogP contribution in [0.4, 0.5) is 11.4 Å². The molecular formula is C24H21ClN2O2. The number of carbonyl (C=O) groups excluding carboxylic acids is 2. The second-order valence-electron chi connectivity index (χ2n) is 7.22. The van der Waals surface area contributed by atoms with E-state index >= 15 is 0 Å². The van der Waals surface area contributed by atoms with E-state index in [-0.39, 0.29) is 17.7 Å². The Labute approximate surface area is 175 Å². The maximum Gasteiger partial charge on any atom is 0.258 e. The lowest BCUT2D eigenvalue weighted by Crippen LogP contribution is -2.38. The number of para-hydroxylation sites is 2. The second kappa shape index (κ2) is 8.10. The number of nitrogens with zero attached hydrogens (tertiary/aromatic N) is 2. The first-order valence-electron chi connectivity index (χ1n) is 9.56. The first-order valence-corrected chi connectivity index (χ1v) is 9.94. The SMILES string of the molecule is CC1CN(C(=O)c2ccccc2)c2ccccc2N(Cc2ccc(Cl)cc2)C1=O. The first-order chi connectivity index (χ1) is 14.0. The van der Waals surface area contributed by atoms with Crippen LogP contribution < -0.4 is 9.80 Å². The quantitative estimate of drug-likeness (QED) is 0.604. The Kier molecular flexibility index (Phi) is 5.36. The molecule has 0 aromatic heterocycles.